The summed E-state index contributed by atoms with van der Waals surface area (Å²) in [7, 11) is 0. The molecule has 0 atom stereocenters. The zero-order valence-corrected chi connectivity index (χ0v) is 16.3. The molecule has 0 radical (unpaired) electrons. The van der Waals surface area contributed by atoms with E-state index < -0.39 is 17.9 Å². The molecule has 9 nitrogen and oxygen atoms in total. The van der Waals surface area contributed by atoms with Crippen LogP contribution in [-0.4, -0.2) is 43.2 Å². The number of benzene rings is 1. The highest BCUT2D eigenvalue weighted by molar-refractivity contribution is 5.90. The van der Waals surface area contributed by atoms with Gasteiger partial charge in [0.05, 0.1) is 23.1 Å². The average molecular weight is 411 g/mol. The lowest BCUT2D eigenvalue weighted by atomic mass is 10.1. The van der Waals surface area contributed by atoms with Crippen LogP contribution in [0.1, 0.15) is 17.5 Å². The van der Waals surface area contributed by atoms with E-state index in [0.29, 0.717) is 19.6 Å². The second kappa shape index (κ2) is 9.56. The molecule has 30 heavy (non-hydrogen) atoms. The van der Waals surface area contributed by atoms with E-state index in [9.17, 15) is 10.1 Å². The van der Waals surface area contributed by atoms with Crippen LogP contribution in [-0.2, 0) is 11.3 Å². The Bertz CT molecular complexity index is 962. The van der Waals surface area contributed by atoms with Crippen molar-refractivity contribution in [1.82, 2.24) is 10.3 Å². The van der Waals surface area contributed by atoms with Gasteiger partial charge in [-0.3, -0.25) is 15.7 Å². The van der Waals surface area contributed by atoms with E-state index in [1.165, 1.54) is 12.1 Å². The van der Waals surface area contributed by atoms with Crippen LogP contribution in [0.4, 0.5) is 20.6 Å². The number of nitrogens with two attached hydrogens (primary N) is 1. The van der Waals surface area contributed by atoms with E-state index in [-0.39, 0.29) is 23.4 Å². The second-order valence-electron chi connectivity index (χ2n) is 6.70. The fourth-order valence-electron chi connectivity index (χ4n) is 3.35. The van der Waals surface area contributed by atoms with Gasteiger partial charge in [-0.2, -0.15) is 5.26 Å². The Morgan fingerprint density at radius 3 is 2.77 bits per heavy atom. The minimum absolute atomic E-state index is 0.135. The summed E-state index contributed by atoms with van der Waals surface area (Å²) in [6.45, 7) is 2.20. The first-order valence-electron chi connectivity index (χ1n) is 9.38. The molecule has 2 aromatic rings. The minimum Gasteiger partial charge on any atom is -0.444 e. The number of hydrogen-bond acceptors (Lipinski definition) is 7. The fraction of sp³-hybridized carbons (Fsp3) is 0.300. The van der Waals surface area contributed by atoms with Crippen molar-refractivity contribution in [3.63, 3.8) is 0 Å². The van der Waals surface area contributed by atoms with Crippen LogP contribution in [0.25, 0.3) is 0 Å². The molecule has 0 saturated carbocycles. The monoisotopic (exact) mass is 411 g/mol. The number of hydrogen-bond donors (Lipinski definition) is 3. The molecule has 1 aromatic heterocycles. The van der Waals surface area contributed by atoms with Gasteiger partial charge in [0.25, 0.3) is 0 Å². The lowest BCUT2D eigenvalue weighted by molar-refractivity contribution is 0.143. The van der Waals surface area contributed by atoms with Crippen molar-refractivity contribution in [2.24, 2.45) is 5.73 Å². The van der Waals surface area contributed by atoms with Crippen LogP contribution in [0.3, 0.4) is 0 Å². The zero-order chi connectivity index (χ0) is 21.5. The Balaban J connectivity index is 1.78. The van der Waals surface area contributed by atoms with Crippen molar-refractivity contribution in [3.05, 3.63) is 53.6 Å². The molecule has 0 aliphatic carbocycles. The summed E-state index contributed by atoms with van der Waals surface area (Å²) in [5.41, 5.74) is 6.63. The van der Waals surface area contributed by atoms with Crippen molar-refractivity contribution in [1.29, 1.82) is 10.7 Å². The predicted molar refractivity (Wildman–Crippen MR) is 110 cm³/mol. The Morgan fingerprint density at radius 2 is 2.07 bits per heavy atom. The molecule has 0 bridgehead atoms. The van der Waals surface area contributed by atoms with Gasteiger partial charge in [-0.25, -0.2) is 9.18 Å². The van der Waals surface area contributed by atoms with Gasteiger partial charge in [-0.05, 0) is 24.6 Å². The maximum Gasteiger partial charge on any atom is 0.414 e. The summed E-state index contributed by atoms with van der Waals surface area (Å²) in [5.74, 6) is -1.16. The van der Waals surface area contributed by atoms with Crippen LogP contribution >= 0.6 is 0 Å². The van der Waals surface area contributed by atoms with Gasteiger partial charge in [0.2, 0.25) is 0 Å². The molecule has 1 aliphatic heterocycles. The third-order valence-electron chi connectivity index (χ3n) is 4.74. The van der Waals surface area contributed by atoms with E-state index >= 15 is 4.39 Å². The molecule has 4 N–H and O–H groups in total. The first-order valence-corrected chi connectivity index (χ1v) is 9.38. The number of carbonyl (C=O) groups excluding carboxylic acids is 1. The third-order valence-corrected chi connectivity index (χ3v) is 4.74. The van der Waals surface area contributed by atoms with Gasteiger partial charge in [0.15, 0.2) is 11.8 Å². The molecule has 10 heteroatoms. The van der Waals surface area contributed by atoms with Crippen LogP contribution in [0.5, 0.6) is 0 Å². The number of ether oxygens (including phenoxy) is 1. The molecule has 1 fully saturated rings. The van der Waals surface area contributed by atoms with Crippen molar-refractivity contribution in [2.45, 2.75) is 13.0 Å². The van der Waals surface area contributed by atoms with E-state index in [0.717, 1.165) is 18.7 Å². The SMILES string of the molecule is N#Cc1ccc(COC(=O)NC(=N)N)c(F)c1N1CCCN(c2cccnc2)CC1. The van der Waals surface area contributed by atoms with E-state index in [4.69, 9.17) is 15.9 Å². The number of halogens is 1. The summed E-state index contributed by atoms with van der Waals surface area (Å²) < 4.78 is 20.2. The number of nitrogens with one attached hydrogen (secondary N) is 2. The highest BCUT2D eigenvalue weighted by atomic mass is 19.1. The highest BCUT2D eigenvalue weighted by Crippen LogP contribution is 2.29. The zero-order valence-electron chi connectivity index (χ0n) is 16.3. The van der Waals surface area contributed by atoms with E-state index in [1.54, 1.807) is 12.4 Å². The van der Waals surface area contributed by atoms with Gasteiger partial charge in [0, 0.05) is 37.9 Å². The van der Waals surface area contributed by atoms with Crippen molar-refractivity contribution in [2.75, 3.05) is 36.0 Å². The average Bonchev–Trinajstić information content (AvgIpc) is 2.99. The van der Waals surface area contributed by atoms with Gasteiger partial charge < -0.3 is 20.3 Å². The lowest BCUT2D eigenvalue weighted by Gasteiger charge is -2.26. The standard InChI is InChI=1S/C20H22FN7O2/c21-17-15(13-30-20(29)26-19(23)24)5-4-14(11-22)18(17)28-8-2-7-27(9-10-28)16-3-1-6-25-12-16/h1,3-6,12H,2,7-10,13H2,(H4,23,24,26,29). The molecular formula is C20H22FN7O2. The summed E-state index contributed by atoms with van der Waals surface area (Å²) >= 11 is 0. The van der Waals surface area contributed by atoms with Crippen LogP contribution in [0, 0.1) is 22.6 Å². The van der Waals surface area contributed by atoms with Crippen molar-refractivity contribution in [3.8, 4) is 6.07 Å². The number of amides is 1. The number of guanidine groups is 1. The van der Waals surface area contributed by atoms with Crippen LogP contribution in [0.2, 0.25) is 0 Å². The number of anilines is 2. The van der Waals surface area contributed by atoms with Gasteiger partial charge in [0.1, 0.15) is 12.7 Å². The van der Waals surface area contributed by atoms with E-state index in [2.05, 4.69) is 9.88 Å². The summed E-state index contributed by atoms with van der Waals surface area (Å²) in [6.07, 6.45) is 3.34. The number of nitriles is 1. The number of nitrogens with zero attached hydrogens (tertiary/aromatic N) is 4. The number of rotatable bonds is 4. The smallest absolute Gasteiger partial charge is 0.414 e. The fourth-order valence-corrected chi connectivity index (χ4v) is 3.35. The second-order valence-corrected chi connectivity index (χ2v) is 6.70. The Hall–Kier alpha value is -3.87. The predicted octanol–water partition coefficient (Wildman–Crippen LogP) is 1.93. The molecule has 0 unspecified atom stereocenters. The highest BCUT2D eigenvalue weighted by Gasteiger charge is 2.23. The van der Waals surface area contributed by atoms with Gasteiger partial charge in [-0.15, -0.1) is 0 Å². The summed E-state index contributed by atoms with van der Waals surface area (Å²) in [5, 5.41) is 18.5. The van der Waals surface area contributed by atoms with Gasteiger partial charge >= 0.3 is 6.09 Å². The maximum atomic E-state index is 15.3. The Kier molecular flexibility index (Phi) is 6.64. The molecule has 0 spiro atoms. The number of alkyl carbamates (subject to hydrolysis) is 1. The Labute approximate surface area is 173 Å². The first kappa shape index (κ1) is 20.9. The molecule has 1 saturated heterocycles. The quantitative estimate of drug-likeness (QED) is 0.517. The minimum atomic E-state index is -0.949. The molecule has 3 rings (SSSR count). The lowest BCUT2D eigenvalue weighted by Crippen LogP contribution is -2.36. The van der Waals surface area contributed by atoms with Crippen molar-refractivity contribution >= 4 is 23.4 Å². The molecule has 156 valence electrons. The number of pyridine rings is 1. The largest absolute Gasteiger partial charge is 0.444 e. The van der Waals surface area contributed by atoms with Gasteiger partial charge in [-0.1, -0.05) is 6.07 Å². The molecule has 1 amide bonds. The maximum absolute atomic E-state index is 15.3. The summed E-state index contributed by atoms with van der Waals surface area (Å²) in [4.78, 5) is 19.7. The molecule has 1 aromatic carbocycles. The Morgan fingerprint density at radius 1 is 1.30 bits per heavy atom. The molecule has 1 aliphatic rings. The molecule has 2 heterocycles. The number of aromatic nitrogens is 1. The summed E-state index contributed by atoms with van der Waals surface area (Å²) in [6, 6.07) is 8.83. The van der Waals surface area contributed by atoms with E-state index in [1.807, 2.05) is 28.4 Å². The van der Waals surface area contributed by atoms with Crippen LogP contribution in [0.15, 0.2) is 36.7 Å². The topological polar surface area (TPSA) is 131 Å². The van der Waals surface area contributed by atoms with Crippen molar-refractivity contribution < 1.29 is 13.9 Å². The number of carbonyl (C=O) groups is 1. The first-order chi connectivity index (χ1) is 14.5. The normalized spacial score (nSPS) is 13.9. The molecular weight excluding hydrogens is 389 g/mol. The third kappa shape index (κ3) is 4.94. The van der Waals surface area contributed by atoms with Crippen LogP contribution < -0.4 is 20.9 Å².